The largest absolute Gasteiger partial charge is 0.622 e. The average Bonchev–Trinajstić information content (AvgIpc) is 2.58. The van der Waals surface area contributed by atoms with Gasteiger partial charge in [-0.25, -0.2) is 0 Å². The van der Waals surface area contributed by atoms with Gasteiger partial charge in [-0.15, -0.1) is 0 Å². The van der Waals surface area contributed by atoms with E-state index < -0.39 is 5.54 Å². The standard InChI is InChI=1S/C12H12N2O/c1-12(10-5-3-2-4-6-10)8-7-11(9-13)14(12)15/h2-6H,7-8H2,1H3. The summed E-state index contributed by atoms with van der Waals surface area (Å²) in [6, 6.07) is 11.6. The van der Waals surface area contributed by atoms with Crippen LogP contribution in [0.25, 0.3) is 0 Å². The van der Waals surface area contributed by atoms with Crippen LogP contribution >= 0.6 is 0 Å². The third-order valence-corrected chi connectivity index (χ3v) is 3.07. The van der Waals surface area contributed by atoms with Gasteiger partial charge in [0.05, 0.1) is 6.42 Å². The van der Waals surface area contributed by atoms with Gasteiger partial charge in [-0.2, -0.15) is 10.0 Å². The van der Waals surface area contributed by atoms with Crippen molar-refractivity contribution in [2.45, 2.75) is 25.3 Å². The minimum Gasteiger partial charge on any atom is -0.622 e. The highest BCUT2D eigenvalue weighted by Gasteiger charge is 2.42. The van der Waals surface area contributed by atoms with Gasteiger partial charge >= 0.3 is 0 Å². The zero-order chi connectivity index (χ0) is 10.9. The van der Waals surface area contributed by atoms with E-state index in [2.05, 4.69) is 0 Å². The van der Waals surface area contributed by atoms with Gasteiger partial charge in [0.2, 0.25) is 0 Å². The van der Waals surface area contributed by atoms with Crippen molar-refractivity contribution in [3.63, 3.8) is 0 Å². The first-order valence-corrected chi connectivity index (χ1v) is 4.97. The zero-order valence-corrected chi connectivity index (χ0v) is 8.60. The molecule has 1 aliphatic rings. The Morgan fingerprint density at radius 1 is 1.40 bits per heavy atom. The quantitative estimate of drug-likeness (QED) is 0.515. The Bertz CT molecular complexity index is 444. The Morgan fingerprint density at radius 3 is 2.60 bits per heavy atom. The van der Waals surface area contributed by atoms with Crippen LogP contribution in [0, 0.1) is 16.5 Å². The predicted octanol–water partition coefficient (Wildman–Crippen LogP) is 2.17. The van der Waals surface area contributed by atoms with Gasteiger partial charge in [0, 0.05) is 18.9 Å². The molecular formula is C12H12N2O. The first-order valence-electron chi connectivity index (χ1n) is 4.97. The fourth-order valence-corrected chi connectivity index (χ4v) is 2.02. The highest BCUT2D eigenvalue weighted by Crippen LogP contribution is 2.34. The van der Waals surface area contributed by atoms with Crippen LogP contribution in [-0.4, -0.2) is 10.5 Å². The summed E-state index contributed by atoms with van der Waals surface area (Å²) in [7, 11) is 0. The maximum atomic E-state index is 11.9. The molecule has 15 heavy (non-hydrogen) atoms. The normalized spacial score (nSPS) is 25.3. The van der Waals surface area contributed by atoms with Gasteiger partial charge in [-0.05, 0) is 0 Å². The number of nitrogens with zero attached hydrogens (tertiary/aromatic N) is 2. The number of hydrogen-bond acceptors (Lipinski definition) is 2. The molecule has 0 saturated carbocycles. The molecule has 3 nitrogen and oxygen atoms in total. The molecule has 76 valence electrons. The van der Waals surface area contributed by atoms with E-state index in [0.717, 1.165) is 10.3 Å². The van der Waals surface area contributed by atoms with Crippen LogP contribution in [0.4, 0.5) is 0 Å². The molecule has 0 aliphatic carbocycles. The second-order valence-electron chi connectivity index (χ2n) is 3.99. The lowest BCUT2D eigenvalue weighted by atomic mass is 9.90. The van der Waals surface area contributed by atoms with Gasteiger partial charge in [-0.3, -0.25) is 0 Å². The maximum Gasteiger partial charge on any atom is 0.266 e. The first kappa shape index (κ1) is 9.72. The molecule has 0 fully saturated rings. The van der Waals surface area contributed by atoms with Crippen molar-refractivity contribution in [3.8, 4) is 6.07 Å². The summed E-state index contributed by atoms with van der Waals surface area (Å²) in [4.78, 5) is 0. The second-order valence-corrected chi connectivity index (χ2v) is 3.99. The highest BCUT2D eigenvalue weighted by atomic mass is 16.5. The number of rotatable bonds is 1. The van der Waals surface area contributed by atoms with Gasteiger partial charge in [0.1, 0.15) is 0 Å². The van der Waals surface area contributed by atoms with Crippen LogP contribution in [-0.2, 0) is 5.54 Å². The first-order chi connectivity index (χ1) is 7.18. The van der Waals surface area contributed by atoms with Gasteiger partial charge in [0.25, 0.3) is 5.71 Å². The molecule has 0 aromatic heterocycles. The summed E-state index contributed by atoms with van der Waals surface area (Å²) in [6.07, 6.45) is 1.29. The van der Waals surface area contributed by atoms with Crippen LogP contribution in [0.2, 0.25) is 0 Å². The molecule has 1 aliphatic heterocycles. The van der Waals surface area contributed by atoms with Gasteiger partial charge < -0.3 is 5.21 Å². The molecule has 1 unspecified atom stereocenters. The van der Waals surface area contributed by atoms with Crippen molar-refractivity contribution in [2.75, 3.05) is 0 Å². The van der Waals surface area contributed by atoms with E-state index in [1.54, 1.807) is 0 Å². The van der Waals surface area contributed by atoms with Crippen molar-refractivity contribution in [1.82, 2.24) is 0 Å². The molecule has 0 N–H and O–H groups in total. The Hall–Kier alpha value is -1.82. The topological polar surface area (TPSA) is 49.9 Å². The fourth-order valence-electron chi connectivity index (χ4n) is 2.02. The van der Waals surface area contributed by atoms with Crippen LogP contribution in [0.5, 0.6) is 0 Å². The number of benzene rings is 1. The number of hydroxylamine groups is 1. The van der Waals surface area contributed by atoms with E-state index in [1.807, 2.05) is 43.3 Å². The SMILES string of the molecule is CC1(c2ccccc2)CCC(C#N)=[N+]1[O-]. The summed E-state index contributed by atoms with van der Waals surface area (Å²) in [5, 5.41) is 20.7. The summed E-state index contributed by atoms with van der Waals surface area (Å²) >= 11 is 0. The van der Waals surface area contributed by atoms with E-state index in [4.69, 9.17) is 5.26 Å². The molecule has 0 radical (unpaired) electrons. The Kier molecular flexibility index (Phi) is 2.20. The molecule has 0 spiro atoms. The Morgan fingerprint density at radius 2 is 2.07 bits per heavy atom. The Labute approximate surface area is 88.9 Å². The van der Waals surface area contributed by atoms with E-state index in [-0.39, 0.29) is 0 Å². The predicted molar refractivity (Wildman–Crippen MR) is 57.3 cm³/mol. The van der Waals surface area contributed by atoms with Crippen molar-refractivity contribution < 1.29 is 4.74 Å². The molecule has 0 amide bonds. The lowest BCUT2D eigenvalue weighted by molar-refractivity contribution is -0.544. The fraction of sp³-hybridized carbons (Fsp3) is 0.333. The third-order valence-electron chi connectivity index (χ3n) is 3.07. The summed E-state index contributed by atoms with van der Waals surface area (Å²) in [6.45, 7) is 1.89. The van der Waals surface area contributed by atoms with Crippen molar-refractivity contribution in [2.24, 2.45) is 0 Å². The van der Waals surface area contributed by atoms with E-state index >= 15 is 0 Å². The van der Waals surface area contributed by atoms with Crippen LogP contribution in [0.1, 0.15) is 25.3 Å². The smallest absolute Gasteiger partial charge is 0.266 e. The van der Waals surface area contributed by atoms with Crippen LogP contribution in [0.3, 0.4) is 0 Å². The minimum absolute atomic E-state index is 0.335. The zero-order valence-electron chi connectivity index (χ0n) is 8.60. The highest BCUT2D eigenvalue weighted by molar-refractivity contribution is 5.95. The van der Waals surface area contributed by atoms with Crippen molar-refractivity contribution in [3.05, 3.63) is 41.1 Å². The molecule has 1 aromatic rings. The van der Waals surface area contributed by atoms with Crippen LogP contribution in [0.15, 0.2) is 30.3 Å². The van der Waals surface area contributed by atoms with E-state index in [0.29, 0.717) is 18.6 Å². The Balaban J connectivity index is 2.47. The van der Waals surface area contributed by atoms with Crippen molar-refractivity contribution >= 4 is 5.71 Å². The van der Waals surface area contributed by atoms with E-state index in [1.165, 1.54) is 0 Å². The molecule has 3 heteroatoms. The summed E-state index contributed by atoms with van der Waals surface area (Å²) in [5.41, 5.74) is 0.748. The van der Waals surface area contributed by atoms with Crippen LogP contribution < -0.4 is 0 Å². The molecular weight excluding hydrogens is 188 g/mol. The van der Waals surface area contributed by atoms with Gasteiger partial charge in [0.15, 0.2) is 11.6 Å². The number of nitriles is 1. The monoisotopic (exact) mass is 200 g/mol. The van der Waals surface area contributed by atoms with Crippen molar-refractivity contribution in [1.29, 1.82) is 5.26 Å². The minimum atomic E-state index is -0.563. The third kappa shape index (κ3) is 1.39. The molecule has 1 atom stereocenters. The second kappa shape index (κ2) is 3.39. The number of hydrogen-bond donors (Lipinski definition) is 0. The molecule has 1 aromatic carbocycles. The molecule has 1 heterocycles. The lowest BCUT2D eigenvalue weighted by Crippen LogP contribution is -2.30. The molecule has 0 saturated heterocycles. The molecule has 2 rings (SSSR count). The lowest BCUT2D eigenvalue weighted by Gasteiger charge is -2.23. The summed E-state index contributed by atoms with van der Waals surface area (Å²) in [5.74, 6) is 0. The average molecular weight is 200 g/mol. The van der Waals surface area contributed by atoms with E-state index in [9.17, 15) is 5.21 Å². The van der Waals surface area contributed by atoms with Gasteiger partial charge in [-0.1, -0.05) is 30.3 Å². The molecule has 0 bridgehead atoms. The maximum absolute atomic E-state index is 11.9. The summed E-state index contributed by atoms with van der Waals surface area (Å²) < 4.78 is 0.863.